The zero-order valence-electron chi connectivity index (χ0n) is 16.9. The normalized spacial score (nSPS) is 27.6. The number of hydrogen-bond donors (Lipinski definition) is 3. The Morgan fingerprint density at radius 1 is 1.29 bits per heavy atom. The fourth-order valence-electron chi connectivity index (χ4n) is 5.00. The summed E-state index contributed by atoms with van der Waals surface area (Å²) in [6.07, 6.45) is 4.76. The molecule has 2 aromatic rings. The number of imidazole rings is 1. The number of carboxylic acid groups (broad SMARTS) is 1. The van der Waals surface area contributed by atoms with Crippen LogP contribution in [0.5, 0.6) is 0 Å². The highest BCUT2D eigenvalue weighted by Crippen LogP contribution is 2.50. The number of likely N-dealkylation sites (tertiary alicyclic amines) is 1. The van der Waals surface area contributed by atoms with E-state index in [1.165, 1.54) is 5.56 Å². The number of hydrogen-bond acceptors (Lipinski definition) is 3. The molecule has 28 heavy (non-hydrogen) atoms. The van der Waals surface area contributed by atoms with Crippen LogP contribution in [0.1, 0.15) is 63.8 Å². The summed E-state index contributed by atoms with van der Waals surface area (Å²) < 4.78 is 0. The molecule has 1 aromatic carbocycles. The number of nitrogens with zero attached hydrogens (tertiary/aromatic N) is 2. The first-order chi connectivity index (χ1) is 13.2. The van der Waals surface area contributed by atoms with Gasteiger partial charge in [-0.05, 0) is 42.6 Å². The van der Waals surface area contributed by atoms with Crippen LogP contribution in [0.3, 0.4) is 0 Å². The molecular formula is C22H30N4O2. The minimum atomic E-state index is -0.881. The lowest BCUT2D eigenvalue weighted by atomic mass is 9.71. The van der Waals surface area contributed by atoms with E-state index in [9.17, 15) is 9.90 Å². The van der Waals surface area contributed by atoms with Gasteiger partial charge in [-0.25, -0.2) is 9.78 Å². The minimum absolute atomic E-state index is 0.274. The van der Waals surface area contributed by atoms with Crippen molar-refractivity contribution in [2.45, 2.75) is 64.0 Å². The highest BCUT2D eigenvalue weighted by Gasteiger charge is 2.55. The highest BCUT2D eigenvalue weighted by atomic mass is 16.4. The van der Waals surface area contributed by atoms with Crippen molar-refractivity contribution in [3.8, 4) is 11.3 Å². The van der Waals surface area contributed by atoms with E-state index < -0.39 is 11.6 Å². The number of rotatable bonds is 3. The van der Waals surface area contributed by atoms with Crippen LogP contribution in [-0.4, -0.2) is 38.7 Å². The first kappa shape index (κ1) is 19.0. The third-order valence-corrected chi connectivity index (χ3v) is 6.67. The summed E-state index contributed by atoms with van der Waals surface area (Å²) in [6.45, 7) is 6.82. The number of nitrogens with two attached hydrogens (primary N) is 1. The first-order valence-corrected chi connectivity index (χ1v) is 10.1. The van der Waals surface area contributed by atoms with Gasteiger partial charge in [0, 0.05) is 24.3 Å². The maximum absolute atomic E-state index is 11.9. The molecule has 0 bridgehead atoms. The van der Waals surface area contributed by atoms with Crippen molar-refractivity contribution >= 4 is 6.09 Å². The van der Waals surface area contributed by atoms with E-state index in [4.69, 9.17) is 10.7 Å². The molecule has 2 heterocycles. The minimum Gasteiger partial charge on any atom is -0.465 e. The van der Waals surface area contributed by atoms with Crippen molar-refractivity contribution < 1.29 is 9.90 Å². The molecule has 1 saturated carbocycles. The Balaban J connectivity index is 1.65. The van der Waals surface area contributed by atoms with Gasteiger partial charge in [0.25, 0.3) is 0 Å². The summed E-state index contributed by atoms with van der Waals surface area (Å²) in [5.74, 6) is 1.31. The molecule has 2 aliphatic rings. The zero-order chi connectivity index (χ0) is 20.1. The number of benzene rings is 1. The number of carbonyl (C=O) groups is 1. The predicted octanol–water partition coefficient (Wildman–Crippen LogP) is 4.30. The third-order valence-electron chi connectivity index (χ3n) is 6.67. The Labute approximate surface area is 166 Å². The standard InChI is InChI=1S/C22H30N4O2/c1-21(2,3)22(9-4-10-26(22)20(27)28)19-24-13-18(25-19)15-7-5-14(6-8-15)16-11-17(23)12-16/h5-8,13,16-17H,4,9-12,23H2,1-3H3,(H,24,25)(H,27,28). The van der Waals surface area contributed by atoms with E-state index in [1.54, 1.807) is 4.90 Å². The second-order valence-corrected chi connectivity index (χ2v) is 9.33. The number of amides is 1. The quantitative estimate of drug-likeness (QED) is 0.738. The summed E-state index contributed by atoms with van der Waals surface area (Å²) in [5.41, 5.74) is 8.22. The van der Waals surface area contributed by atoms with E-state index in [0.29, 0.717) is 18.5 Å². The molecule has 4 N–H and O–H groups in total. The van der Waals surface area contributed by atoms with Crippen molar-refractivity contribution in [1.29, 1.82) is 0 Å². The monoisotopic (exact) mass is 382 g/mol. The first-order valence-electron chi connectivity index (χ1n) is 10.1. The predicted molar refractivity (Wildman–Crippen MR) is 109 cm³/mol. The molecular weight excluding hydrogens is 352 g/mol. The average Bonchev–Trinajstić information content (AvgIpc) is 3.26. The molecule has 1 aromatic heterocycles. The molecule has 1 amide bonds. The molecule has 0 spiro atoms. The largest absolute Gasteiger partial charge is 0.465 e. The van der Waals surface area contributed by atoms with Crippen molar-refractivity contribution in [1.82, 2.24) is 14.9 Å². The number of H-pyrrole nitrogens is 1. The van der Waals surface area contributed by atoms with Gasteiger partial charge < -0.3 is 15.8 Å². The van der Waals surface area contributed by atoms with Gasteiger partial charge in [0.05, 0.1) is 5.69 Å². The van der Waals surface area contributed by atoms with Gasteiger partial charge >= 0.3 is 6.09 Å². The molecule has 1 unspecified atom stereocenters. The second kappa shape index (κ2) is 6.62. The summed E-state index contributed by atoms with van der Waals surface area (Å²) in [7, 11) is 0. The summed E-state index contributed by atoms with van der Waals surface area (Å²) in [5, 5.41) is 9.80. The maximum atomic E-state index is 11.9. The van der Waals surface area contributed by atoms with Crippen LogP contribution in [0, 0.1) is 5.41 Å². The van der Waals surface area contributed by atoms with Gasteiger partial charge in [-0.1, -0.05) is 45.0 Å². The second-order valence-electron chi connectivity index (χ2n) is 9.33. The SMILES string of the molecule is CC(C)(C)C1(c2nc(-c3ccc(C4CC(N)C4)cc3)c[nH]2)CCCN1C(=O)O. The van der Waals surface area contributed by atoms with Crippen molar-refractivity contribution in [2.24, 2.45) is 11.1 Å². The maximum Gasteiger partial charge on any atom is 0.408 e. The average molecular weight is 383 g/mol. The molecule has 1 aliphatic carbocycles. The number of nitrogens with one attached hydrogen (secondary N) is 1. The van der Waals surface area contributed by atoms with Gasteiger partial charge in [0.15, 0.2) is 0 Å². The Hall–Kier alpha value is -2.34. The lowest BCUT2D eigenvalue weighted by Gasteiger charge is -2.45. The van der Waals surface area contributed by atoms with Crippen molar-refractivity contribution in [2.75, 3.05) is 6.54 Å². The van der Waals surface area contributed by atoms with Crippen LogP contribution in [0.15, 0.2) is 30.5 Å². The van der Waals surface area contributed by atoms with E-state index >= 15 is 0 Å². The molecule has 6 heteroatoms. The molecule has 6 nitrogen and oxygen atoms in total. The lowest BCUT2D eigenvalue weighted by Crippen LogP contribution is -2.53. The van der Waals surface area contributed by atoms with Gasteiger partial charge in [0.2, 0.25) is 0 Å². The van der Waals surface area contributed by atoms with Crippen molar-refractivity contribution in [3.05, 3.63) is 41.9 Å². The van der Waals surface area contributed by atoms with E-state index in [2.05, 4.69) is 50.0 Å². The Morgan fingerprint density at radius 3 is 2.54 bits per heavy atom. The summed E-state index contributed by atoms with van der Waals surface area (Å²) >= 11 is 0. The van der Waals surface area contributed by atoms with Gasteiger partial charge in [-0.3, -0.25) is 4.90 Å². The van der Waals surface area contributed by atoms with Crippen LogP contribution < -0.4 is 5.73 Å². The van der Waals surface area contributed by atoms with Gasteiger partial charge in [-0.15, -0.1) is 0 Å². The Morgan fingerprint density at radius 2 is 1.96 bits per heavy atom. The third kappa shape index (κ3) is 2.91. The van der Waals surface area contributed by atoms with E-state index in [-0.39, 0.29) is 5.41 Å². The lowest BCUT2D eigenvalue weighted by molar-refractivity contribution is 0.0217. The van der Waals surface area contributed by atoms with Crippen molar-refractivity contribution in [3.63, 3.8) is 0 Å². The van der Waals surface area contributed by atoms with Gasteiger partial charge in [0.1, 0.15) is 11.4 Å². The van der Waals surface area contributed by atoms with Crippen LogP contribution in [-0.2, 0) is 5.54 Å². The van der Waals surface area contributed by atoms with E-state index in [1.807, 2.05) is 6.20 Å². The van der Waals surface area contributed by atoms with Crippen LogP contribution in [0.4, 0.5) is 4.79 Å². The number of aromatic amines is 1. The highest BCUT2D eigenvalue weighted by molar-refractivity contribution is 5.67. The molecule has 2 fully saturated rings. The Bertz CT molecular complexity index is 861. The molecule has 0 radical (unpaired) electrons. The summed E-state index contributed by atoms with van der Waals surface area (Å²) in [6, 6.07) is 8.88. The molecule has 1 aliphatic heterocycles. The van der Waals surface area contributed by atoms with Crippen LogP contribution >= 0.6 is 0 Å². The summed E-state index contributed by atoms with van der Waals surface area (Å²) in [4.78, 5) is 21.7. The topological polar surface area (TPSA) is 95.2 Å². The molecule has 4 rings (SSSR count). The number of aromatic nitrogens is 2. The van der Waals surface area contributed by atoms with E-state index in [0.717, 1.165) is 42.8 Å². The smallest absolute Gasteiger partial charge is 0.408 e. The fraction of sp³-hybridized carbons (Fsp3) is 0.545. The fourth-order valence-corrected chi connectivity index (χ4v) is 5.00. The zero-order valence-corrected chi connectivity index (χ0v) is 16.9. The molecule has 1 saturated heterocycles. The molecule has 1 atom stereocenters. The Kier molecular flexibility index (Phi) is 4.49. The van der Waals surface area contributed by atoms with Crippen LogP contribution in [0.2, 0.25) is 0 Å². The molecule has 150 valence electrons. The van der Waals surface area contributed by atoms with Gasteiger partial charge in [-0.2, -0.15) is 0 Å². The van der Waals surface area contributed by atoms with Crippen LogP contribution in [0.25, 0.3) is 11.3 Å².